The van der Waals surface area contributed by atoms with Gasteiger partial charge in [0.1, 0.15) is 0 Å². The lowest BCUT2D eigenvalue weighted by Crippen LogP contribution is -2.15. The molecule has 2 aromatic rings. The Bertz CT molecular complexity index is 565. The van der Waals surface area contributed by atoms with E-state index in [2.05, 4.69) is 67.5 Å². The summed E-state index contributed by atoms with van der Waals surface area (Å²) in [5.74, 6) is 0. The van der Waals surface area contributed by atoms with Gasteiger partial charge in [-0.2, -0.15) is 0 Å². The molecule has 4 heteroatoms. The zero-order chi connectivity index (χ0) is 12.5. The van der Waals surface area contributed by atoms with Crippen molar-refractivity contribution in [1.29, 1.82) is 0 Å². The van der Waals surface area contributed by atoms with Crippen LogP contribution in [0.3, 0.4) is 0 Å². The number of hydrogen-bond donors (Lipinski definition) is 1. The van der Waals surface area contributed by atoms with E-state index in [-0.39, 0.29) is 0 Å². The minimum absolute atomic E-state index is 0.450. The van der Waals surface area contributed by atoms with Crippen LogP contribution in [0.15, 0.2) is 38.6 Å². The van der Waals surface area contributed by atoms with Crippen molar-refractivity contribution in [3.8, 4) is 0 Å². The van der Waals surface area contributed by atoms with E-state index in [4.69, 9.17) is 0 Å². The normalized spacial score (nSPS) is 18.4. The molecule has 18 heavy (non-hydrogen) atoms. The lowest BCUT2D eigenvalue weighted by molar-refractivity contribution is 0.609. The molecule has 1 nitrogen and oxygen atoms in total. The highest BCUT2D eigenvalue weighted by atomic mass is 79.9. The molecule has 1 atom stereocenters. The van der Waals surface area contributed by atoms with Crippen molar-refractivity contribution >= 4 is 48.9 Å². The van der Waals surface area contributed by atoms with Gasteiger partial charge in [0.25, 0.3) is 0 Å². The first-order valence-corrected chi connectivity index (χ1v) is 8.43. The maximum absolute atomic E-state index is 3.65. The molecule has 0 spiro atoms. The molecule has 0 amide bonds. The van der Waals surface area contributed by atoms with Gasteiger partial charge in [-0.25, -0.2) is 0 Å². The average Bonchev–Trinajstić information content (AvgIpc) is 2.71. The molecule has 1 aliphatic rings. The molecule has 0 saturated heterocycles. The minimum atomic E-state index is 0.450. The van der Waals surface area contributed by atoms with Gasteiger partial charge in [0.05, 0.1) is 9.83 Å². The predicted octanol–water partition coefficient (Wildman–Crippen LogP) is 5.76. The number of thiophene rings is 1. The lowest BCUT2D eigenvalue weighted by Gasteiger charge is -2.24. The van der Waals surface area contributed by atoms with Crippen LogP contribution in [-0.2, 0) is 6.42 Å². The zero-order valence-electron chi connectivity index (χ0n) is 9.75. The maximum Gasteiger partial charge on any atom is 0.0705 e. The first-order valence-electron chi connectivity index (χ1n) is 6.02. The summed E-state index contributed by atoms with van der Waals surface area (Å²) in [7, 11) is 0. The number of hydrogen-bond acceptors (Lipinski definition) is 2. The van der Waals surface area contributed by atoms with Gasteiger partial charge in [-0.05, 0) is 65.0 Å². The summed E-state index contributed by atoms with van der Waals surface area (Å²) >= 11 is 8.99. The van der Waals surface area contributed by atoms with Crippen molar-refractivity contribution in [2.24, 2.45) is 0 Å². The Hall–Kier alpha value is -0.320. The summed E-state index contributed by atoms with van der Waals surface area (Å²) < 4.78 is 2.37. The smallest absolute Gasteiger partial charge is 0.0705 e. The molecule has 0 fully saturated rings. The molecule has 1 aromatic carbocycles. The van der Waals surface area contributed by atoms with Crippen molar-refractivity contribution in [2.45, 2.75) is 25.3 Å². The Morgan fingerprint density at radius 3 is 2.94 bits per heavy atom. The largest absolute Gasteiger partial charge is 0.378 e. The Morgan fingerprint density at radius 1 is 1.22 bits per heavy atom. The van der Waals surface area contributed by atoms with Crippen LogP contribution in [0.2, 0.25) is 0 Å². The number of fused-ring (bicyclic) bond motifs is 1. The summed E-state index contributed by atoms with van der Waals surface area (Å²) in [5, 5.41) is 3.65. The third kappa shape index (κ3) is 2.65. The van der Waals surface area contributed by atoms with Crippen molar-refractivity contribution in [3.05, 3.63) is 49.0 Å². The van der Waals surface area contributed by atoms with Crippen LogP contribution in [-0.4, -0.2) is 0 Å². The van der Waals surface area contributed by atoms with E-state index in [0.29, 0.717) is 6.04 Å². The van der Waals surface area contributed by atoms with Crippen LogP contribution in [0, 0.1) is 0 Å². The molecule has 0 aliphatic heterocycles. The SMILES string of the molecule is Brc1cccc(NC2CCCc3sc(Br)cc32)c1. The van der Waals surface area contributed by atoms with E-state index in [1.54, 1.807) is 0 Å². The van der Waals surface area contributed by atoms with E-state index in [0.717, 1.165) is 4.47 Å². The monoisotopic (exact) mass is 385 g/mol. The first kappa shape index (κ1) is 12.7. The van der Waals surface area contributed by atoms with Crippen LogP contribution in [0.1, 0.15) is 29.3 Å². The van der Waals surface area contributed by atoms with E-state index in [9.17, 15) is 0 Å². The maximum atomic E-state index is 3.65. The topological polar surface area (TPSA) is 12.0 Å². The van der Waals surface area contributed by atoms with Crippen molar-refractivity contribution in [3.63, 3.8) is 0 Å². The quantitative estimate of drug-likeness (QED) is 0.691. The molecule has 0 bridgehead atoms. The summed E-state index contributed by atoms with van der Waals surface area (Å²) in [6.07, 6.45) is 3.70. The Morgan fingerprint density at radius 2 is 2.11 bits per heavy atom. The van der Waals surface area contributed by atoms with Gasteiger partial charge in [-0.15, -0.1) is 11.3 Å². The third-order valence-electron chi connectivity index (χ3n) is 3.25. The highest BCUT2D eigenvalue weighted by Gasteiger charge is 2.22. The fourth-order valence-electron chi connectivity index (χ4n) is 2.45. The van der Waals surface area contributed by atoms with Crippen molar-refractivity contribution in [1.82, 2.24) is 0 Å². The molecule has 3 rings (SSSR count). The number of halogens is 2. The molecule has 1 heterocycles. The van der Waals surface area contributed by atoms with Gasteiger partial charge in [-0.3, -0.25) is 0 Å². The molecule has 1 aromatic heterocycles. The summed E-state index contributed by atoms with van der Waals surface area (Å²) in [6, 6.07) is 11.1. The number of anilines is 1. The van der Waals surface area contributed by atoms with Gasteiger partial charge in [-0.1, -0.05) is 22.0 Å². The van der Waals surface area contributed by atoms with Gasteiger partial charge in [0, 0.05) is 15.0 Å². The molecule has 1 unspecified atom stereocenters. The van der Waals surface area contributed by atoms with E-state index >= 15 is 0 Å². The molecule has 0 saturated carbocycles. The van der Waals surface area contributed by atoms with Gasteiger partial charge < -0.3 is 5.32 Å². The molecular weight excluding hydrogens is 374 g/mol. The highest BCUT2D eigenvalue weighted by molar-refractivity contribution is 9.11. The summed E-state index contributed by atoms with van der Waals surface area (Å²) in [5.41, 5.74) is 2.66. The van der Waals surface area contributed by atoms with Crippen molar-refractivity contribution < 1.29 is 0 Å². The summed E-state index contributed by atoms with van der Waals surface area (Å²) in [6.45, 7) is 0. The highest BCUT2D eigenvalue weighted by Crippen LogP contribution is 2.39. The number of rotatable bonds is 2. The Kier molecular flexibility index (Phi) is 3.78. The standard InChI is InChI=1S/C14H13Br2NS/c15-9-3-1-4-10(7-9)17-12-5-2-6-13-11(12)8-14(16)18-13/h1,3-4,7-8,12,17H,2,5-6H2. The van der Waals surface area contributed by atoms with Gasteiger partial charge >= 0.3 is 0 Å². The van der Waals surface area contributed by atoms with E-state index in [1.807, 2.05) is 11.3 Å². The van der Waals surface area contributed by atoms with Gasteiger partial charge in [0.2, 0.25) is 0 Å². The van der Waals surface area contributed by atoms with E-state index in [1.165, 1.54) is 39.2 Å². The fourth-order valence-corrected chi connectivity index (χ4v) is 4.67. The van der Waals surface area contributed by atoms with Crippen LogP contribution >= 0.6 is 43.2 Å². The number of nitrogens with one attached hydrogen (secondary N) is 1. The van der Waals surface area contributed by atoms with E-state index < -0.39 is 0 Å². The lowest BCUT2D eigenvalue weighted by atomic mass is 9.94. The molecule has 94 valence electrons. The molecule has 0 radical (unpaired) electrons. The Balaban J connectivity index is 1.86. The van der Waals surface area contributed by atoms with Crippen LogP contribution in [0.5, 0.6) is 0 Å². The second-order valence-corrected chi connectivity index (χ2v) is 7.96. The second-order valence-electron chi connectivity index (χ2n) is 4.53. The van der Waals surface area contributed by atoms with Crippen molar-refractivity contribution in [2.75, 3.05) is 5.32 Å². The molecule has 1 aliphatic carbocycles. The molecular formula is C14H13Br2NS. The Labute approximate surface area is 128 Å². The fraction of sp³-hybridized carbons (Fsp3) is 0.286. The predicted molar refractivity (Wildman–Crippen MR) is 85.5 cm³/mol. The zero-order valence-corrected chi connectivity index (χ0v) is 13.7. The molecule has 1 N–H and O–H groups in total. The summed E-state index contributed by atoms with van der Waals surface area (Å²) in [4.78, 5) is 1.53. The average molecular weight is 387 g/mol. The number of benzene rings is 1. The van der Waals surface area contributed by atoms with Crippen LogP contribution < -0.4 is 5.32 Å². The second kappa shape index (κ2) is 5.35. The van der Waals surface area contributed by atoms with Crippen LogP contribution in [0.25, 0.3) is 0 Å². The van der Waals surface area contributed by atoms with Gasteiger partial charge in [0.15, 0.2) is 0 Å². The third-order valence-corrected chi connectivity index (χ3v) is 5.46. The first-order chi connectivity index (χ1) is 8.72. The number of aryl methyl sites for hydroxylation is 1. The minimum Gasteiger partial charge on any atom is -0.378 e. The van der Waals surface area contributed by atoms with Crippen LogP contribution in [0.4, 0.5) is 5.69 Å².